The number of hydrogen-bond donors (Lipinski definition) is 3. The quantitative estimate of drug-likeness (QED) is 0.609. The third-order valence-corrected chi connectivity index (χ3v) is 5.65. The second-order valence-corrected chi connectivity index (χ2v) is 7.70. The molecule has 0 saturated carbocycles. The number of aromatic nitrogens is 2. The molecule has 4 rings (SSSR count). The van der Waals surface area contributed by atoms with Gasteiger partial charge in [0.2, 0.25) is 0 Å². The van der Waals surface area contributed by atoms with Crippen LogP contribution in [0.1, 0.15) is 15.9 Å². The van der Waals surface area contributed by atoms with Crippen molar-refractivity contribution in [3.05, 3.63) is 65.2 Å². The number of rotatable bonds is 6. The van der Waals surface area contributed by atoms with Crippen LogP contribution < -0.4 is 10.6 Å². The van der Waals surface area contributed by atoms with Crippen LogP contribution in [0.3, 0.4) is 0 Å². The highest BCUT2D eigenvalue weighted by atomic mass is 32.1. The fourth-order valence-corrected chi connectivity index (χ4v) is 4.00. The number of amides is 1. The number of carbonyl (C=O) groups is 1. The van der Waals surface area contributed by atoms with E-state index in [0.717, 1.165) is 10.4 Å². The van der Waals surface area contributed by atoms with E-state index in [9.17, 15) is 9.90 Å². The molecule has 3 aromatic rings. The maximum Gasteiger partial charge on any atom is 0.255 e. The molecule has 3 heterocycles. The summed E-state index contributed by atoms with van der Waals surface area (Å²) >= 11 is 1.57. The van der Waals surface area contributed by atoms with Gasteiger partial charge in [0.25, 0.3) is 5.91 Å². The molecule has 0 spiro atoms. The number of nitrogens with one attached hydrogen (secondary N) is 2. The van der Waals surface area contributed by atoms with E-state index in [1.54, 1.807) is 17.5 Å². The fourth-order valence-electron chi connectivity index (χ4n) is 3.28. The van der Waals surface area contributed by atoms with E-state index >= 15 is 0 Å². The maximum absolute atomic E-state index is 12.8. The summed E-state index contributed by atoms with van der Waals surface area (Å²) in [5.74, 6) is -0.115. The van der Waals surface area contributed by atoms with Crippen molar-refractivity contribution in [1.82, 2.24) is 20.4 Å². The Hall–Kier alpha value is -2.48. The van der Waals surface area contributed by atoms with Crippen LogP contribution in [0.2, 0.25) is 0 Å². The van der Waals surface area contributed by atoms with Crippen molar-refractivity contribution in [2.45, 2.75) is 12.6 Å². The lowest BCUT2D eigenvalue weighted by Crippen LogP contribution is -2.34. The second-order valence-electron chi connectivity index (χ2n) is 6.75. The van der Waals surface area contributed by atoms with E-state index in [-0.39, 0.29) is 11.8 Å². The summed E-state index contributed by atoms with van der Waals surface area (Å²) < 4.78 is 1.81. The van der Waals surface area contributed by atoms with Gasteiger partial charge in [-0.2, -0.15) is 5.10 Å². The van der Waals surface area contributed by atoms with Crippen LogP contribution >= 0.6 is 11.3 Å². The van der Waals surface area contributed by atoms with E-state index in [2.05, 4.69) is 15.7 Å². The average molecular weight is 382 g/mol. The van der Waals surface area contributed by atoms with Crippen LogP contribution in [-0.2, 0) is 6.54 Å². The minimum atomic E-state index is -0.414. The molecule has 2 aromatic heterocycles. The lowest BCUT2D eigenvalue weighted by Gasteiger charge is -2.13. The molecular weight excluding hydrogens is 360 g/mol. The third kappa shape index (κ3) is 4.10. The zero-order valence-electron chi connectivity index (χ0n) is 14.8. The van der Waals surface area contributed by atoms with Gasteiger partial charge >= 0.3 is 0 Å². The molecule has 1 aliphatic rings. The molecule has 27 heavy (non-hydrogen) atoms. The molecule has 0 bridgehead atoms. The van der Waals surface area contributed by atoms with Crippen molar-refractivity contribution in [2.75, 3.05) is 19.6 Å². The van der Waals surface area contributed by atoms with Crippen LogP contribution in [0.15, 0.2) is 54.0 Å². The number of carbonyl (C=O) groups excluding carboxylic acids is 1. The van der Waals surface area contributed by atoms with Crippen molar-refractivity contribution >= 4 is 17.2 Å². The molecule has 0 radical (unpaired) electrons. The number of benzene rings is 1. The molecule has 3 N–H and O–H groups in total. The Morgan fingerprint density at radius 3 is 2.81 bits per heavy atom. The van der Waals surface area contributed by atoms with Gasteiger partial charge in [-0.25, -0.2) is 0 Å². The lowest BCUT2D eigenvalue weighted by atomic mass is 10.1. The number of nitrogens with zero attached hydrogens (tertiary/aromatic N) is 2. The van der Waals surface area contributed by atoms with Crippen molar-refractivity contribution in [3.8, 4) is 10.6 Å². The van der Waals surface area contributed by atoms with Gasteiger partial charge in [-0.05, 0) is 17.0 Å². The third-order valence-electron chi connectivity index (χ3n) is 4.78. The largest absolute Gasteiger partial charge is 0.391 e. The van der Waals surface area contributed by atoms with E-state index in [1.165, 1.54) is 0 Å². The first-order valence-corrected chi connectivity index (χ1v) is 9.91. The molecular formula is C20H22N4O2S. The molecule has 1 aliphatic heterocycles. The van der Waals surface area contributed by atoms with Crippen LogP contribution in [0.25, 0.3) is 10.6 Å². The Labute approximate surface area is 161 Å². The lowest BCUT2D eigenvalue weighted by molar-refractivity contribution is 0.0927. The SMILES string of the molecule is O=C(NCC1CNCC1O)c1cn(Cc2ccccc2)nc1-c1cccs1. The van der Waals surface area contributed by atoms with Gasteiger partial charge in [-0.15, -0.1) is 11.3 Å². The van der Waals surface area contributed by atoms with E-state index in [1.807, 2.05) is 52.5 Å². The van der Waals surface area contributed by atoms with Crippen molar-refractivity contribution in [3.63, 3.8) is 0 Å². The predicted molar refractivity (Wildman–Crippen MR) is 106 cm³/mol. The van der Waals surface area contributed by atoms with Crippen LogP contribution in [0.4, 0.5) is 0 Å². The highest BCUT2D eigenvalue weighted by Crippen LogP contribution is 2.27. The highest BCUT2D eigenvalue weighted by Gasteiger charge is 2.26. The molecule has 6 nitrogen and oxygen atoms in total. The topological polar surface area (TPSA) is 79.2 Å². The zero-order valence-corrected chi connectivity index (χ0v) is 15.7. The molecule has 1 saturated heterocycles. The second kappa shape index (κ2) is 8.04. The average Bonchev–Trinajstić information content (AvgIpc) is 3.41. The summed E-state index contributed by atoms with van der Waals surface area (Å²) in [5, 5.41) is 22.7. The summed E-state index contributed by atoms with van der Waals surface area (Å²) in [5.41, 5.74) is 2.39. The van der Waals surface area contributed by atoms with Crippen LogP contribution in [0.5, 0.6) is 0 Å². The summed E-state index contributed by atoms with van der Waals surface area (Å²) in [4.78, 5) is 13.8. The van der Waals surface area contributed by atoms with Gasteiger partial charge in [0.1, 0.15) is 5.69 Å². The Bertz CT molecular complexity index is 892. The van der Waals surface area contributed by atoms with Crippen LogP contribution in [0, 0.1) is 5.92 Å². The van der Waals surface area contributed by atoms with E-state index < -0.39 is 6.10 Å². The number of thiophene rings is 1. The zero-order chi connectivity index (χ0) is 18.6. The van der Waals surface area contributed by atoms with Crippen molar-refractivity contribution in [1.29, 1.82) is 0 Å². The van der Waals surface area contributed by atoms with Gasteiger partial charge < -0.3 is 15.7 Å². The fraction of sp³-hybridized carbons (Fsp3) is 0.300. The van der Waals surface area contributed by atoms with Gasteiger partial charge in [0, 0.05) is 31.7 Å². The first-order chi connectivity index (χ1) is 13.2. The highest BCUT2D eigenvalue weighted by molar-refractivity contribution is 7.13. The monoisotopic (exact) mass is 382 g/mol. The van der Waals surface area contributed by atoms with E-state index in [0.29, 0.717) is 37.4 Å². The molecule has 0 aliphatic carbocycles. The first kappa shape index (κ1) is 17.9. The van der Waals surface area contributed by atoms with Gasteiger partial charge in [-0.3, -0.25) is 9.48 Å². The summed E-state index contributed by atoms with van der Waals surface area (Å²) in [6.45, 7) is 2.35. The Balaban J connectivity index is 1.55. The molecule has 2 unspecified atom stereocenters. The van der Waals surface area contributed by atoms with Gasteiger partial charge in [0.05, 0.1) is 23.1 Å². The van der Waals surface area contributed by atoms with E-state index in [4.69, 9.17) is 0 Å². The van der Waals surface area contributed by atoms with Crippen molar-refractivity contribution < 1.29 is 9.90 Å². The number of β-amino-alcohol motifs (C(OH)–C–C–N with tert-alkyl or cyclic N) is 1. The molecule has 7 heteroatoms. The summed E-state index contributed by atoms with van der Waals surface area (Å²) in [6.07, 6.45) is 1.39. The minimum Gasteiger partial charge on any atom is -0.391 e. The summed E-state index contributed by atoms with van der Waals surface area (Å²) in [7, 11) is 0. The Morgan fingerprint density at radius 1 is 1.26 bits per heavy atom. The predicted octanol–water partition coefficient (Wildman–Crippen LogP) is 1.97. The standard InChI is InChI=1S/C20H22N4O2S/c25-17-11-21-9-15(17)10-22-20(26)16-13-24(12-14-5-2-1-3-6-14)23-19(16)18-7-4-8-27-18/h1-8,13,15,17,21,25H,9-12H2,(H,22,26). The molecule has 2 atom stereocenters. The van der Waals surface area contributed by atoms with Crippen molar-refractivity contribution in [2.24, 2.45) is 5.92 Å². The number of aliphatic hydroxyl groups is 1. The molecule has 1 amide bonds. The van der Waals surface area contributed by atoms with Gasteiger partial charge in [-0.1, -0.05) is 36.4 Å². The minimum absolute atomic E-state index is 0.0403. The smallest absolute Gasteiger partial charge is 0.255 e. The summed E-state index contributed by atoms with van der Waals surface area (Å²) in [6, 6.07) is 14.0. The van der Waals surface area contributed by atoms with Gasteiger partial charge in [0.15, 0.2) is 0 Å². The molecule has 140 valence electrons. The first-order valence-electron chi connectivity index (χ1n) is 9.03. The maximum atomic E-state index is 12.8. The number of hydrogen-bond acceptors (Lipinski definition) is 5. The Morgan fingerprint density at radius 2 is 2.11 bits per heavy atom. The molecule has 1 fully saturated rings. The van der Waals surface area contributed by atoms with Crippen LogP contribution in [-0.4, -0.2) is 46.5 Å². The Kier molecular flexibility index (Phi) is 5.33. The normalized spacial score (nSPS) is 19.3. The number of aliphatic hydroxyl groups excluding tert-OH is 1. The molecule has 1 aromatic carbocycles.